The van der Waals surface area contributed by atoms with Crippen LogP contribution < -0.4 is 32.6 Å². The largest absolute Gasteiger partial charge is 0.480 e. The van der Waals surface area contributed by atoms with Gasteiger partial charge in [-0.2, -0.15) is 4.31 Å². The summed E-state index contributed by atoms with van der Waals surface area (Å²) in [4.78, 5) is 149. The molecule has 2 aromatic carbocycles. The molecule has 634 valence electrons. The van der Waals surface area contributed by atoms with Crippen LogP contribution in [0.2, 0.25) is 0 Å². The van der Waals surface area contributed by atoms with Gasteiger partial charge in [0.05, 0.1) is 100 Å². The molecule has 0 aliphatic carbocycles. The third-order valence-corrected chi connectivity index (χ3v) is 25.2. The molecule has 8 aromatic rings. The standard InChI is InChI=1S/C80H100N14O20S4/c1-79(2)69(91(53-115-79)117-61-15-7-29-81-49-61)73(99)87-63(75(101)102)47-55-21-25-58(26-22-55)94-72-66(18-10-32-86-72)90(78(94)106)52-68(98)84-34-40-114-46-45-113-39-28-67(97)83-33-12-37-111-42-41-109-35-6-5-13-59(95)27-38-112-44-43-110-36-11-14-60(96)51-89-65-17-9-31-85-71(65)93(77(89)105)57-23-19-56(20-24-57)48-64(76(103)104)88-74(100)70-80(3,4)116-54-92(70)118(107,108)62-16-8-30-82-50-62/h7-10,15-26,29-32,49-50,63-64,69-70H,5-6,11-14,27-28,33-48,51-54H2,1-4H3,(H,83,97)(H,84,98)(H,87,99)(H,88,100)(H,101,102)(H,103,104)/t63-,64-,69+,70+/m0/s1. The zero-order chi connectivity index (χ0) is 84.2. The minimum Gasteiger partial charge on any atom is -0.480 e. The highest BCUT2D eigenvalue weighted by molar-refractivity contribution is 8.03. The summed E-state index contributed by atoms with van der Waals surface area (Å²) in [5, 5.41) is 31.4. The number of sulfonamides is 1. The van der Waals surface area contributed by atoms with Gasteiger partial charge < -0.3 is 59.9 Å². The Hall–Kier alpha value is -9.58. The van der Waals surface area contributed by atoms with Crippen LogP contribution in [0.25, 0.3) is 33.7 Å². The maximum atomic E-state index is 14.0. The number of ketones is 2. The monoisotopic (exact) mass is 1700 g/mol. The predicted molar refractivity (Wildman–Crippen MR) is 441 cm³/mol. The van der Waals surface area contributed by atoms with Gasteiger partial charge >= 0.3 is 23.3 Å². The number of nitrogens with zero attached hydrogens (tertiary/aromatic N) is 10. The second-order valence-corrected chi connectivity index (χ2v) is 35.1. The van der Waals surface area contributed by atoms with Crippen molar-refractivity contribution >= 4 is 115 Å². The number of imidazole rings is 2. The molecule has 4 atom stereocenters. The normalized spacial score (nSPS) is 15.9. The summed E-state index contributed by atoms with van der Waals surface area (Å²) in [6.45, 7) is 11.0. The van der Waals surface area contributed by atoms with Gasteiger partial charge in [-0.15, -0.1) is 23.5 Å². The number of nitrogens with one attached hydrogen (secondary N) is 4. The van der Waals surface area contributed by atoms with Gasteiger partial charge in [0.2, 0.25) is 33.7 Å². The smallest absolute Gasteiger partial charge is 0.335 e. The van der Waals surface area contributed by atoms with Crippen LogP contribution in [0.3, 0.4) is 0 Å². The highest BCUT2D eigenvalue weighted by Gasteiger charge is 2.52. The molecule has 6 N–H and O–H groups in total. The second-order valence-electron chi connectivity index (χ2n) is 28.8. The number of thioether (sulfide) groups is 2. The summed E-state index contributed by atoms with van der Waals surface area (Å²) < 4.78 is 67.9. The van der Waals surface area contributed by atoms with Crippen LogP contribution in [-0.4, -0.2) is 250 Å². The molecule has 2 saturated heterocycles. The van der Waals surface area contributed by atoms with Crippen molar-refractivity contribution < 1.29 is 85.4 Å². The van der Waals surface area contributed by atoms with E-state index < -0.39 is 84.7 Å². The molecule has 0 radical (unpaired) electrons. The van der Waals surface area contributed by atoms with Gasteiger partial charge in [-0.1, -0.05) is 24.3 Å². The number of hydrogen-bond acceptors (Lipinski definition) is 26. The maximum Gasteiger partial charge on any atom is 0.335 e. The van der Waals surface area contributed by atoms with Crippen LogP contribution in [-0.2, 0) is 103 Å². The summed E-state index contributed by atoms with van der Waals surface area (Å²) in [5.41, 5.74) is 2.43. The zero-order valence-corrected chi connectivity index (χ0v) is 69.4. The van der Waals surface area contributed by atoms with Gasteiger partial charge in [0.1, 0.15) is 41.4 Å². The fraction of sp³-hybridized carbons (Fsp3) is 0.475. The number of fused-ring (bicyclic) bond motifs is 2. The van der Waals surface area contributed by atoms with Crippen molar-refractivity contribution in [2.24, 2.45) is 0 Å². The van der Waals surface area contributed by atoms with Crippen molar-refractivity contribution in [3.63, 3.8) is 0 Å². The van der Waals surface area contributed by atoms with Gasteiger partial charge in [-0.3, -0.25) is 47.9 Å². The number of carbonyl (C=O) groups excluding carboxylic acids is 6. The second kappa shape index (κ2) is 44.5. The summed E-state index contributed by atoms with van der Waals surface area (Å²) >= 11 is 4.26. The van der Waals surface area contributed by atoms with Crippen molar-refractivity contribution in [1.29, 1.82) is 0 Å². The Balaban J connectivity index is 0.503. The molecular formula is C80H100N14O20S4. The van der Waals surface area contributed by atoms with E-state index in [0.29, 0.717) is 116 Å². The number of pyridine rings is 4. The molecule has 34 nitrogen and oxygen atoms in total. The fourth-order valence-electron chi connectivity index (χ4n) is 13.2. The van der Waals surface area contributed by atoms with Gasteiger partial charge in [0.15, 0.2) is 17.1 Å². The third-order valence-electron chi connectivity index (χ3n) is 19.3. The lowest BCUT2D eigenvalue weighted by atomic mass is 10.0. The lowest BCUT2D eigenvalue weighted by Gasteiger charge is -2.30. The molecule has 0 saturated carbocycles. The molecule has 8 heterocycles. The Morgan fingerprint density at radius 3 is 1.55 bits per heavy atom. The molecule has 38 heteroatoms. The molecule has 0 unspecified atom stereocenters. The van der Waals surface area contributed by atoms with Crippen LogP contribution in [0.5, 0.6) is 0 Å². The Labute approximate surface area is 694 Å². The van der Waals surface area contributed by atoms with E-state index in [1.54, 1.807) is 111 Å². The average molecular weight is 1710 g/mol. The predicted octanol–water partition coefficient (Wildman–Crippen LogP) is 5.40. The van der Waals surface area contributed by atoms with Crippen molar-refractivity contribution in [1.82, 2.24) is 68.1 Å². The number of aliphatic carboxylic acids is 2. The molecule has 118 heavy (non-hydrogen) atoms. The number of unbranched alkanes of at least 4 members (excludes halogenated alkanes) is 1. The average Bonchev–Trinajstić information content (AvgIpc) is 1.61. The number of carboxylic acids is 2. The zero-order valence-electron chi connectivity index (χ0n) is 66.2. The van der Waals surface area contributed by atoms with Crippen molar-refractivity contribution in [3.8, 4) is 11.4 Å². The van der Waals surface area contributed by atoms with Crippen LogP contribution in [0.4, 0.5) is 0 Å². The first-order valence-electron chi connectivity index (χ1n) is 38.8. The fourth-order valence-corrected chi connectivity index (χ4v) is 18.8. The number of aromatic nitrogens is 8. The van der Waals surface area contributed by atoms with Crippen molar-refractivity contribution in [3.05, 3.63) is 166 Å². The minimum absolute atomic E-state index is 0.0160. The molecule has 0 bridgehead atoms. The SMILES string of the molecule is CC1(C)SCN(Sc2cccnc2)[C@@H]1C(=O)N[C@@H](Cc1ccc(-n2c(=O)n(CC(=O)NCCOCCOCCC(=O)NCCCOCCOCCCCC(=O)CCOCCOCCCC(=O)Cn3c(=O)n(-c4ccc(C[C@H](NC(=O)[C@H]5N(S(=O)(=O)c6cccnc6)CSC5(C)C)C(=O)O)cc4)c4ncccc43)c3cccnc32)cc1)C(=O)O. The lowest BCUT2D eigenvalue weighted by molar-refractivity contribution is -0.142. The maximum absolute atomic E-state index is 14.0. The highest BCUT2D eigenvalue weighted by atomic mass is 32.2. The summed E-state index contributed by atoms with van der Waals surface area (Å²) in [6.07, 6.45) is 12.3. The minimum atomic E-state index is -4.15. The number of benzene rings is 2. The Bertz CT molecular complexity index is 4960. The first kappa shape index (κ1) is 90.7. The van der Waals surface area contributed by atoms with Crippen LogP contribution in [0.15, 0.2) is 154 Å². The van der Waals surface area contributed by atoms with E-state index in [-0.39, 0.29) is 133 Å². The number of Topliss-reactive ketones (excluding diaryl/α,β-unsaturated/α-hetero) is 2. The summed E-state index contributed by atoms with van der Waals surface area (Å²) in [7, 11) is -4.15. The van der Waals surface area contributed by atoms with Gasteiger partial charge in [0, 0.05) is 123 Å². The molecule has 6 aromatic heterocycles. The Morgan fingerprint density at radius 2 is 0.992 bits per heavy atom. The van der Waals surface area contributed by atoms with E-state index in [9.17, 15) is 66.6 Å². The van der Waals surface area contributed by atoms with E-state index >= 15 is 0 Å². The van der Waals surface area contributed by atoms with Crippen molar-refractivity contribution in [2.45, 2.75) is 148 Å². The Kier molecular flexibility index (Phi) is 34.2. The number of amides is 4. The molecule has 2 aliphatic heterocycles. The van der Waals surface area contributed by atoms with E-state index in [1.165, 1.54) is 78.9 Å². The van der Waals surface area contributed by atoms with E-state index in [2.05, 4.69) is 41.2 Å². The van der Waals surface area contributed by atoms with E-state index in [0.717, 1.165) is 9.20 Å². The molecule has 10 rings (SSSR count). The first-order chi connectivity index (χ1) is 56.8. The van der Waals surface area contributed by atoms with E-state index in [4.69, 9.17) is 28.4 Å². The summed E-state index contributed by atoms with van der Waals surface area (Å²) in [6, 6.07) is 21.9. The quantitative estimate of drug-likeness (QED) is 0.0205. The van der Waals surface area contributed by atoms with Crippen LogP contribution >= 0.6 is 35.5 Å². The third kappa shape index (κ3) is 25.5. The number of carbonyl (C=O) groups is 8. The van der Waals surface area contributed by atoms with Gasteiger partial charge in [0.25, 0.3) is 0 Å². The van der Waals surface area contributed by atoms with Gasteiger partial charge in [-0.05, 0) is 149 Å². The molecule has 0 spiro atoms. The lowest BCUT2D eigenvalue weighted by Crippen LogP contribution is -2.56. The molecule has 2 aliphatic rings. The highest BCUT2D eigenvalue weighted by Crippen LogP contribution is 2.45. The molecule has 4 amide bonds. The number of rotatable bonds is 51. The van der Waals surface area contributed by atoms with Crippen molar-refractivity contribution in [2.75, 3.05) is 104 Å². The van der Waals surface area contributed by atoms with E-state index in [1.807, 2.05) is 30.3 Å². The van der Waals surface area contributed by atoms with Crippen LogP contribution in [0, 0.1) is 0 Å². The Morgan fingerprint density at radius 1 is 0.508 bits per heavy atom. The number of hydrogen-bond donors (Lipinski definition) is 6. The molecule has 2 fully saturated rings. The number of carboxylic acid groups (broad SMARTS) is 2. The van der Waals surface area contributed by atoms with Crippen LogP contribution in [0.1, 0.15) is 90.2 Å². The number of ether oxygens (including phenoxy) is 6. The van der Waals surface area contributed by atoms with Gasteiger partial charge in [-0.25, -0.2) is 51.0 Å². The topological polar surface area (TPSA) is 427 Å². The molecular weight excluding hydrogens is 1610 g/mol. The first-order valence-corrected chi connectivity index (χ1v) is 42.9. The summed E-state index contributed by atoms with van der Waals surface area (Å²) in [5.74, 6) is -3.87.